The smallest absolute Gasteiger partial charge is 0.240 e. The van der Waals surface area contributed by atoms with Gasteiger partial charge in [-0.2, -0.15) is 0 Å². The standard InChI is InChI=1S/C21H32N2O3/c1-4-26-20-14-16(11-12-19(20)25-3)15-23(17-8-5-6-9-17)21(24)18-10-7-13-22(18)2/h11-12,14,17-18H,4-10,13,15H2,1-3H3/t18-/m0/s1. The van der Waals surface area contributed by atoms with Crippen molar-refractivity contribution in [2.45, 2.75) is 64.1 Å². The molecule has 0 radical (unpaired) electrons. The number of likely N-dealkylation sites (tertiary alicyclic amines) is 1. The molecule has 1 saturated heterocycles. The third kappa shape index (κ3) is 4.14. The van der Waals surface area contributed by atoms with Crippen LogP contribution < -0.4 is 9.47 Å². The van der Waals surface area contributed by atoms with Crippen LogP contribution in [0, 0.1) is 0 Å². The van der Waals surface area contributed by atoms with Gasteiger partial charge in [0.1, 0.15) is 0 Å². The van der Waals surface area contributed by atoms with Gasteiger partial charge in [-0.25, -0.2) is 0 Å². The predicted octanol–water partition coefficient (Wildman–Crippen LogP) is 3.46. The minimum atomic E-state index is 0.0419. The van der Waals surface area contributed by atoms with Crippen molar-refractivity contribution in [3.05, 3.63) is 23.8 Å². The van der Waals surface area contributed by atoms with Crippen molar-refractivity contribution < 1.29 is 14.3 Å². The van der Waals surface area contributed by atoms with Gasteiger partial charge in [0.05, 0.1) is 19.8 Å². The summed E-state index contributed by atoms with van der Waals surface area (Å²) < 4.78 is 11.1. The van der Waals surface area contributed by atoms with E-state index in [9.17, 15) is 4.79 Å². The summed E-state index contributed by atoms with van der Waals surface area (Å²) >= 11 is 0. The number of nitrogens with zero attached hydrogens (tertiary/aromatic N) is 2. The molecule has 26 heavy (non-hydrogen) atoms. The third-order valence-corrected chi connectivity index (χ3v) is 5.73. The molecule has 0 bridgehead atoms. The van der Waals surface area contributed by atoms with Gasteiger partial charge < -0.3 is 14.4 Å². The van der Waals surface area contributed by atoms with Crippen LogP contribution in [-0.4, -0.2) is 55.1 Å². The SMILES string of the molecule is CCOc1cc(CN(C(=O)[C@@H]2CCCN2C)C2CCCC2)ccc1OC. The van der Waals surface area contributed by atoms with Crippen LogP contribution in [0.1, 0.15) is 51.0 Å². The molecule has 0 unspecified atom stereocenters. The molecule has 1 aromatic carbocycles. The number of benzene rings is 1. The van der Waals surface area contributed by atoms with Gasteiger partial charge in [0, 0.05) is 12.6 Å². The van der Waals surface area contributed by atoms with Crippen LogP contribution in [0.25, 0.3) is 0 Å². The highest BCUT2D eigenvalue weighted by atomic mass is 16.5. The first kappa shape index (κ1) is 19.0. The van der Waals surface area contributed by atoms with E-state index < -0.39 is 0 Å². The minimum Gasteiger partial charge on any atom is -0.493 e. The Morgan fingerprint density at radius 2 is 1.96 bits per heavy atom. The molecule has 1 saturated carbocycles. The van der Waals surface area contributed by atoms with Crippen molar-refractivity contribution in [1.29, 1.82) is 0 Å². The van der Waals surface area contributed by atoms with Crippen LogP contribution in [0.2, 0.25) is 0 Å². The number of amides is 1. The lowest BCUT2D eigenvalue weighted by atomic mass is 10.1. The average Bonchev–Trinajstić information content (AvgIpc) is 3.31. The van der Waals surface area contributed by atoms with Gasteiger partial charge in [0.25, 0.3) is 0 Å². The lowest BCUT2D eigenvalue weighted by molar-refractivity contribution is -0.138. The van der Waals surface area contributed by atoms with E-state index in [1.165, 1.54) is 12.8 Å². The summed E-state index contributed by atoms with van der Waals surface area (Å²) in [5.74, 6) is 1.79. The number of carbonyl (C=O) groups excluding carboxylic acids is 1. The Kier molecular flexibility index (Phi) is 6.41. The van der Waals surface area contributed by atoms with Crippen molar-refractivity contribution in [1.82, 2.24) is 9.80 Å². The van der Waals surface area contributed by atoms with E-state index in [-0.39, 0.29) is 6.04 Å². The first-order chi connectivity index (χ1) is 12.6. The number of hydrogen-bond acceptors (Lipinski definition) is 4. The molecule has 1 aliphatic heterocycles. The molecule has 0 spiro atoms. The summed E-state index contributed by atoms with van der Waals surface area (Å²) in [6.45, 7) is 4.23. The highest BCUT2D eigenvalue weighted by Crippen LogP contribution is 2.31. The number of carbonyl (C=O) groups is 1. The molecular weight excluding hydrogens is 328 g/mol. The zero-order valence-corrected chi connectivity index (χ0v) is 16.4. The van der Waals surface area contributed by atoms with Crippen molar-refractivity contribution in [3.8, 4) is 11.5 Å². The summed E-state index contributed by atoms with van der Waals surface area (Å²) in [5.41, 5.74) is 1.11. The maximum atomic E-state index is 13.3. The molecule has 1 aliphatic carbocycles. The number of ether oxygens (including phenoxy) is 2. The minimum absolute atomic E-state index is 0.0419. The van der Waals surface area contributed by atoms with E-state index in [0.29, 0.717) is 25.1 Å². The second kappa shape index (κ2) is 8.76. The van der Waals surface area contributed by atoms with Crippen LogP contribution in [-0.2, 0) is 11.3 Å². The Balaban J connectivity index is 1.81. The van der Waals surface area contributed by atoms with Gasteiger partial charge in [0.15, 0.2) is 11.5 Å². The zero-order chi connectivity index (χ0) is 18.5. The van der Waals surface area contributed by atoms with Crippen molar-refractivity contribution >= 4 is 5.91 Å². The van der Waals surface area contributed by atoms with Gasteiger partial charge in [-0.05, 0) is 63.9 Å². The van der Waals surface area contributed by atoms with Crippen LogP contribution in [0.5, 0.6) is 11.5 Å². The van der Waals surface area contributed by atoms with E-state index in [4.69, 9.17) is 9.47 Å². The van der Waals surface area contributed by atoms with E-state index in [0.717, 1.165) is 49.3 Å². The van der Waals surface area contributed by atoms with Crippen molar-refractivity contribution in [3.63, 3.8) is 0 Å². The summed E-state index contributed by atoms with van der Waals surface area (Å²) in [5, 5.41) is 0. The molecule has 1 atom stereocenters. The van der Waals surface area contributed by atoms with Gasteiger partial charge in [-0.1, -0.05) is 18.9 Å². The Hall–Kier alpha value is -1.75. The quantitative estimate of drug-likeness (QED) is 0.747. The summed E-state index contributed by atoms with van der Waals surface area (Å²) in [4.78, 5) is 17.7. The molecule has 5 heteroatoms. The highest BCUT2D eigenvalue weighted by molar-refractivity contribution is 5.82. The normalized spacial score (nSPS) is 21.1. The van der Waals surface area contributed by atoms with E-state index >= 15 is 0 Å². The molecular formula is C21H32N2O3. The topological polar surface area (TPSA) is 42.0 Å². The first-order valence-corrected chi connectivity index (χ1v) is 9.94. The molecule has 144 valence electrons. The number of methoxy groups -OCH3 is 1. The predicted molar refractivity (Wildman–Crippen MR) is 103 cm³/mol. The Morgan fingerprint density at radius 3 is 2.58 bits per heavy atom. The van der Waals surface area contributed by atoms with Crippen molar-refractivity contribution in [2.24, 2.45) is 0 Å². The Labute approximate surface area is 157 Å². The van der Waals surface area contributed by atoms with Crippen molar-refractivity contribution in [2.75, 3.05) is 27.3 Å². The van der Waals surface area contributed by atoms with Crippen LogP contribution in [0.3, 0.4) is 0 Å². The van der Waals surface area contributed by atoms with Gasteiger partial charge in [-0.15, -0.1) is 0 Å². The van der Waals surface area contributed by atoms with Gasteiger partial charge in [0.2, 0.25) is 5.91 Å². The summed E-state index contributed by atoms with van der Waals surface area (Å²) in [7, 11) is 3.73. The second-order valence-electron chi connectivity index (χ2n) is 7.46. The zero-order valence-electron chi connectivity index (χ0n) is 16.4. The van der Waals surface area contributed by atoms with Gasteiger partial charge in [-0.3, -0.25) is 9.69 Å². The molecule has 2 aliphatic rings. The molecule has 2 fully saturated rings. The number of likely N-dealkylation sites (N-methyl/N-ethyl adjacent to an activating group) is 1. The maximum absolute atomic E-state index is 13.3. The molecule has 1 aromatic rings. The fourth-order valence-corrected chi connectivity index (χ4v) is 4.30. The number of hydrogen-bond donors (Lipinski definition) is 0. The monoisotopic (exact) mass is 360 g/mol. The number of rotatable bonds is 7. The third-order valence-electron chi connectivity index (χ3n) is 5.73. The van der Waals surface area contributed by atoms with E-state index in [1.807, 2.05) is 19.1 Å². The lowest BCUT2D eigenvalue weighted by Crippen LogP contribution is -2.47. The molecule has 0 N–H and O–H groups in total. The summed E-state index contributed by atoms with van der Waals surface area (Å²) in [6, 6.07) is 6.43. The molecule has 1 heterocycles. The van der Waals surface area contributed by atoms with Gasteiger partial charge >= 0.3 is 0 Å². The lowest BCUT2D eigenvalue weighted by Gasteiger charge is -2.33. The first-order valence-electron chi connectivity index (χ1n) is 9.94. The second-order valence-corrected chi connectivity index (χ2v) is 7.46. The molecule has 0 aromatic heterocycles. The largest absolute Gasteiger partial charge is 0.493 e. The average molecular weight is 360 g/mol. The fraction of sp³-hybridized carbons (Fsp3) is 0.667. The molecule has 1 amide bonds. The van der Waals surface area contributed by atoms with Crippen LogP contribution in [0.4, 0.5) is 0 Å². The Morgan fingerprint density at radius 1 is 1.19 bits per heavy atom. The van der Waals surface area contributed by atoms with E-state index in [2.05, 4.69) is 22.9 Å². The summed E-state index contributed by atoms with van der Waals surface area (Å²) in [6.07, 6.45) is 6.78. The fourth-order valence-electron chi connectivity index (χ4n) is 4.30. The maximum Gasteiger partial charge on any atom is 0.240 e. The molecule has 5 nitrogen and oxygen atoms in total. The highest BCUT2D eigenvalue weighted by Gasteiger charge is 2.35. The van der Waals surface area contributed by atoms with Crippen LogP contribution in [0.15, 0.2) is 18.2 Å². The van der Waals surface area contributed by atoms with Crippen LogP contribution >= 0.6 is 0 Å². The molecule has 3 rings (SSSR count). The van der Waals surface area contributed by atoms with E-state index in [1.54, 1.807) is 7.11 Å². The Bertz CT molecular complexity index is 613.